The van der Waals surface area contributed by atoms with E-state index in [1.165, 1.54) is 12.1 Å². The monoisotopic (exact) mass is 489 g/mol. The molecule has 1 atom stereocenters. The summed E-state index contributed by atoms with van der Waals surface area (Å²) in [6.45, 7) is 4.32. The Morgan fingerprint density at radius 1 is 1.09 bits per heavy atom. The first-order valence-electron chi connectivity index (χ1n) is 11.9. The molecular formula is C24H32FN5O3S. The van der Waals surface area contributed by atoms with Crippen LogP contribution in [-0.4, -0.2) is 67.2 Å². The van der Waals surface area contributed by atoms with Gasteiger partial charge in [0.2, 0.25) is 11.9 Å². The molecule has 10 heteroatoms. The van der Waals surface area contributed by atoms with E-state index in [2.05, 4.69) is 27.1 Å². The van der Waals surface area contributed by atoms with Gasteiger partial charge >= 0.3 is 0 Å². The van der Waals surface area contributed by atoms with Crippen molar-refractivity contribution >= 4 is 27.4 Å². The molecule has 2 aliphatic rings. The molecule has 1 aromatic carbocycles. The van der Waals surface area contributed by atoms with E-state index in [9.17, 15) is 17.6 Å². The second kappa shape index (κ2) is 10.2. The van der Waals surface area contributed by atoms with Crippen molar-refractivity contribution in [2.75, 3.05) is 36.1 Å². The van der Waals surface area contributed by atoms with Crippen molar-refractivity contribution in [1.29, 1.82) is 0 Å². The highest BCUT2D eigenvalue weighted by atomic mass is 32.2. The molecule has 0 bridgehead atoms. The van der Waals surface area contributed by atoms with Gasteiger partial charge in [0.05, 0.1) is 10.6 Å². The molecule has 3 heterocycles. The summed E-state index contributed by atoms with van der Waals surface area (Å²) in [5.41, 5.74) is 1.25. The third-order valence-electron chi connectivity index (χ3n) is 6.71. The van der Waals surface area contributed by atoms with Gasteiger partial charge in [0.15, 0.2) is 9.84 Å². The number of rotatable bonds is 6. The smallest absolute Gasteiger partial charge is 0.245 e. The van der Waals surface area contributed by atoms with Crippen LogP contribution < -0.4 is 10.2 Å². The standard InChI is InChI=1S/C24H32FN5O3S/c1-3-17-15-26-24(27-16-17)29-12-9-18(10-13-29)30-11-5-4-6-22(23(30)31)28-21-8-7-19(14-20(21)25)34(2,32)33/h7-8,14-16,18,22,28H,3-6,9-13H2,1-2H3. The molecule has 0 aliphatic carbocycles. The van der Waals surface area contributed by atoms with E-state index in [4.69, 9.17) is 0 Å². The Labute approximate surface area is 200 Å². The fourth-order valence-corrected chi connectivity index (χ4v) is 5.30. The highest BCUT2D eigenvalue weighted by Gasteiger charge is 2.34. The minimum absolute atomic E-state index is 0.0221. The lowest BCUT2D eigenvalue weighted by molar-refractivity contribution is -0.134. The van der Waals surface area contributed by atoms with Crippen LogP contribution in [0, 0.1) is 5.82 Å². The van der Waals surface area contributed by atoms with E-state index >= 15 is 0 Å². The minimum Gasteiger partial charge on any atom is -0.371 e. The fourth-order valence-electron chi connectivity index (χ4n) is 4.66. The normalized spacial score (nSPS) is 20.3. The summed E-state index contributed by atoms with van der Waals surface area (Å²) < 4.78 is 38.0. The lowest BCUT2D eigenvalue weighted by atomic mass is 10.0. The zero-order valence-corrected chi connectivity index (χ0v) is 20.5. The molecule has 2 aromatic rings. The van der Waals surface area contributed by atoms with Gasteiger partial charge in [0.1, 0.15) is 11.9 Å². The molecule has 2 saturated heterocycles. The third-order valence-corrected chi connectivity index (χ3v) is 7.82. The minimum atomic E-state index is -3.50. The van der Waals surface area contributed by atoms with Gasteiger partial charge in [-0.15, -0.1) is 0 Å². The maximum absolute atomic E-state index is 14.6. The van der Waals surface area contributed by atoms with Crippen LogP contribution in [0.1, 0.15) is 44.6 Å². The number of nitrogens with zero attached hydrogens (tertiary/aromatic N) is 4. The molecular weight excluding hydrogens is 457 g/mol. The number of hydrogen-bond acceptors (Lipinski definition) is 7. The van der Waals surface area contributed by atoms with Crippen molar-refractivity contribution in [2.24, 2.45) is 0 Å². The first-order valence-corrected chi connectivity index (χ1v) is 13.8. The summed E-state index contributed by atoms with van der Waals surface area (Å²) in [5.74, 6) is 0.0328. The molecule has 1 N–H and O–H groups in total. The van der Waals surface area contributed by atoms with E-state index in [1.807, 2.05) is 17.3 Å². The summed E-state index contributed by atoms with van der Waals surface area (Å²) in [4.78, 5) is 26.4. The van der Waals surface area contributed by atoms with Crippen molar-refractivity contribution in [3.05, 3.63) is 42.0 Å². The van der Waals surface area contributed by atoms with Crippen LogP contribution in [-0.2, 0) is 21.1 Å². The predicted molar refractivity (Wildman–Crippen MR) is 129 cm³/mol. The maximum Gasteiger partial charge on any atom is 0.245 e. The van der Waals surface area contributed by atoms with Gasteiger partial charge in [-0.05, 0) is 62.3 Å². The third kappa shape index (κ3) is 5.48. The molecule has 0 radical (unpaired) electrons. The number of anilines is 2. The van der Waals surface area contributed by atoms with Crippen molar-refractivity contribution in [2.45, 2.75) is 62.4 Å². The van der Waals surface area contributed by atoms with Gasteiger partial charge in [-0.3, -0.25) is 4.79 Å². The van der Waals surface area contributed by atoms with E-state index < -0.39 is 21.7 Å². The van der Waals surface area contributed by atoms with E-state index in [0.717, 1.165) is 69.0 Å². The number of halogens is 1. The second-order valence-corrected chi connectivity index (χ2v) is 11.1. The highest BCUT2D eigenvalue weighted by molar-refractivity contribution is 7.90. The Morgan fingerprint density at radius 3 is 2.41 bits per heavy atom. The van der Waals surface area contributed by atoms with Crippen molar-refractivity contribution in [3.8, 4) is 0 Å². The maximum atomic E-state index is 14.6. The molecule has 1 amide bonds. The Kier molecular flexibility index (Phi) is 7.35. The summed E-state index contributed by atoms with van der Waals surface area (Å²) in [6, 6.07) is 3.35. The van der Waals surface area contributed by atoms with Crippen molar-refractivity contribution in [3.63, 3.8) is 0 Å². The zero-order valence-electron chi connectivity index (χ0n) is 19.7. The number of piperidine rings is 1. The van der Waals surface area contributed by atoms with Gasteiger partial charge in [0, 0.05) is 44.3 Å². The molecule has 8 nitrogen and oxygen atoms in total. The Morgan fingerprint density at radius 2 is 1.79 bits per heavy atom. The van der Waals surface area contributed by atoms with Crippen LogP contribution in [0.25, 0.3) is 0 Å². The fraction of sp³-hybridized carbons (Fsp3) is 0.542. The van der Waals surface area contributed by atoms with Crippen molar-refractivity contribution in [1.82, 2.24) is 14.9 Å². The van der Waals surface area contributed by atoms with Gasteiger partial charge in [-0.1, -0.05) is 6.92 Å². The molecule has 184 valence electrons. The molecule has 0 spiro atoms. The van der Waals surface area contributed by atoms with Gasteiger partial charge < -0.3 is 15.1 Å². The number of carbonyl (C=O) groups is 1. The van der Waals surface area contributed by atoms with E-state index in [1.54, 1.807) is 0 Å². The summed E-state index contributed by atoms with van der Waals surface area (Å²) in [5, 5.41) is 3.04. The first kappa shape index (κ1) is 24.4. The van der Waals surface area contributed by atoms with Crippen LogP contribution in [0.2, 0.25) is 0 Å². The number of aromatic nitrogens is 2. The van der Waals surface area contributed by atoms with Crippen LogP contribution >= 0.6 is 0 Å². The highest BCUT2D eigenvalue weighted by Crippen LogP contribution is 2.26. The van der Waals surface area contributed by atoms with Gasteiger partial charge in [-0.25, -0.2) is 22.8 Å². The SMILES string of the molecule is CCc1cnc(N2CCC(N3CCCCC(Nc4ccc(S(C)(=O)=O)cc4F)C3=O)CC2)nc1. The molecule has 34 heavy (non-hydrogen) atoms. The summed E-state index contributed by atoms with van der Waals surface area (Å²) in [7, 11) is -3.50. The Bertz CT molecular complexity index is 1120. The van der Waals surface area contributed by atoms with Crippen LogP contribution in [0.5, 0.6) is 0 Å². The average molecular weight is 490 g/mol. The number of amides is 1. The second-order valence-electron chi connectivity index (χ2n) is 9.10. The van der Waals surface area contributed by atoms with Crippen LogP contribution in [0.15, 0.2) is 35.5 Å². The number of aryl methyl sites for hydroxylation is 1. The quantitative estimate of drug-likeness (QED) is 0.666. The average Bonchev–Trinajstić information content (AvgIpc) is 3.01. The van der Waals surface area contributed by atoms with E-state index in [0.29, 0.717) is 13.0 Å². The molecule has 1 aromatic heterocycles. The molecule has 2 aliphatic heterocycles. The largest absolute Gasteiger partial charge is 0.371 e. The van der Waals surface area contributed by atoms with E-state index in [-0.39, 0.29) is 22.5 Å². The lowest BCUT2D eigenvalue weighted by Gasteiger charge is -2.39. The Hall–Kier alpha value is -2.75. The number of benzene rings is 1. The zero-order chi connectivity index (χ0) is 24.3. The van der Waals surface area contributed by atoms with Gasteiger partial charge in [-0.2, -0.15) is 0 Å². The predicted octanol–water partition coefficient (Wildman–Crippen LogP) is 3.04. The van der Waals surface area contributed by atoms with Crippen LogP contribution in [0.4, 0.5) is 16.0 Å². The van der Waals surface area contributed by atoms with Crippen molar-refractivity contribution < 1.29 is 17.6 Å². The number of hydrogen-bond donors (Lipinski definition) is 1. The summed E-state index contributed by atoms with van der Waals surface area (Å²) >= 11 is 0. The topological polar surface area (TPSA) is 95.5 Å². The summed E-state index contributed by atoms with van der Waals surface area (Å²) in [6.07, 6.45) is 9.71. The molecule has 1 unspecified atom stereocenters. The lowest BCUT2D eigenvalue weighted by Crippen LogP contribution is -2.51. The Balaban J connectivity index is 1.41. The number of carbonyl (C=O) groups excluding carboxylic acids is 1. The number of sulfone groups is 1. The molecule has 0 saturated carbocycles. The first-order chi connectivity index (χ1) is 16.3. The van der Waals surface area contributed by atoms with Crippen LogP contribution in [0.3, 0.4) is 0 Å². The molecule has 4 rings (SSSR count). The van der Waals surface area contributed by atoms with Gasteiger partial charge in [0.25, 0.3) is 0 Å². The molecule has 2 fully saturated rings. The number of nitrogens with one attached hydrogen (secondary N) is 1. The number of likely N-dealkylation sites (tertiary alicyclic amines) is 1.